The van der Waals surface area contributed by atoms with E-state index >= 15 is 0 Å². The van der Waals surface area contributed by atoms with E-state index in [0.717, 1.165) is 17.3 Å². The Morgan fingerprint density at radius 2 is 1.90 bits per heavy atom. The van der Waals surface area contributed by atoms with Crippen LogP contribution in [0.15, 0.2) is 52.1 Å². The SMILES string of the molecule is CN=C(NCCOC1CCCCCC1)NCc1cccc(C(=O)NCc2ccco2)c1. The predicted octanol–water partition coefficient (Wildman–Crippen LogP) is 3.61. The number of furan rings is 1. The zero-order valence-electron chi connectivity index (χ0n) is 18.4. The van der Waals surface area contributed by atoms with Crippen LogP contribution in [0.2, 0.25) is 0 Å². The van der Waals surface area contributed by atoms with Crippen molar-refractivity contribution >= 4 is 11.9 Å². The molecule has 7 heteroatoms. The van der Waals surface area contributed by atoms with Crippen molar-refractivity contribution in [2.45, 2.75) is 57.7 Å². The maximum atomic E-state index is 12.4. The van der Waals surface area contributed by atoms with E-state index in [1.807, 2.05) is 24.3 Å². The van der Waals surface area contributed by atoms with Crippen LogP contribution in [0.25, 0.3) is 0 Å². The fourth-order valence-corrected chi connectivity index (χ4v) is 3.72. The highest BCUT2D eigenvalue weighted by Crippen LogP contribution is 2.19. The summed E-state index contributed by atoms with van der Waals surface area (Å²) in [4.78, 5) is 16.7. The Morgan fingerprint density at radius 3 is 2.65 bits per heavy atom. The average molecular weight is 427 g/mol. The summed E-state index contributed by atoms with van der Waals surface area (Å²) < 4.78 is 11.3. The molecule has 0 bridgehead atoms. The smallest absolute Gasteiger partial charge is 0.251 e. The lowest BCUT2D eigenvalue weighted by molar-refractivity contribution is 0.0468. The number of ether oxygens (including phenoxy) is 1. The van der Waals surface area contributed by atoms with Gasteiger partial charge in [0, 0.05) is 25.7 Å². The first-order valence-electron chi connectivity index (χ1n) is 11.2. The Labute approximate surface area is 184 Å². The number of amides is 1. The first-order valence-corrected chi connectivity index (χ1v) is 11.2. The van der Waals surface area contributed by atoms with E-state index < -0.39 is 0 Å². The summed E-state index contributed by atoms with van der Waals surface area (Å²) in [6, 6.07) is 11.2. The molecule has 1 aliphatic carbocycles. The van der Waals surface area contributed by atoms with Crippen molar-refractivity contribution in [3.8, 4) is 0 Å². The van der Waals surface area contributed by atoms with Crippen LogP contribution in [0.3, 0.4) is 0 Å². The van der Waals surface area contributed by atoms with Crippen LogP contribution in [-0.2, 0) is 17.8 Å². The summed E-state index contributed by atoms with van der Waals surface area (Å²) >= 11 is 0. The molecule has 31 heavy (non-hydrogen) atoms. The predicted molar refractivity (Wildman–Crippen MR) is 122 cm³/mol. The number of hydrogen-bond acceptors (Lipinski definition) is 4. The first-order chi connectivity index (χ1) is 15.2. The van der Waals surface area contributed by atoms with Gasteiger partial charge >= 0.3 is 0 Å². The number of nitrogens with one attached hydrogen (secondary N) is 3. The van der Waals surface area contributed by atoms with Crippen molar-refractivity contribution in [1.82, 2.24) is 16.0 Å². The van der Waals surface area contributed by atoms with Crippen molar-refractivity contribution in [2.75, 3.05) is 20.2 Å². The molecule has 1 aliphatic rings. The van der Waals surface area contributed by atoms with Gasteiger partial charge in [0.1, 0.15) is 5.76 Å². The van der Waals surface area contributed by atoms with Crippen LogP contribution in [-0.4, -0.2) is 38.2 Å². The molecule has 0 unspecified atom stereocenters. The van der Waals surface area contributed by atoms with Crippen LogP contribution >= 0.6 is 0 Å². The maximum absolute atomic E-state index is 12.4. The minimum absolute atomic E-state index is 0.128. The van der Waals surface area contributed by atoms with E-state index in [1.54, 1.807) is 25.4 Å². The summed E-state index contributed by atoms with van der Waals surface area (Å²) in [5.74, 6) is 1.32. The molecular formula is C24H34N4O3. The molecule has 1 aromatic carbocycles. The fourth-order valence-electron chi connectivity index (χ4n) is 3.72. The van der Waals surface area contributed by atoms with Gasteiger partial charge in [-0.05, 0) is 42.7 Å². The third-order valence-corrected chi connectivity index (χ3v) is 5.43. The van der Waals surface area contributed by atoms with E-state index in [2.05, 4.69) is 20.9 Å². The number of hydrogen-bond donors (Lipinski definition) is 3. The van der Waals surface area contributed by atoms with Gasteiger partial charge in [0.25, 0.3) is 5.91 Å². The van der Waals surface area contributed by atoms with Gasteiger partial charge in [0.2, 0.25) is 0 Å². The van der Waals surface area contributed by atoms with Crippen LogP contribution in [0, 0.1) is 0 Å². The Morgan fingerprint density at radius 1 is 1.06 bits per heavy atom. The van der Waals surface area contributed by atoms with Crippen LogP contribution in [0.5, 0.6) is 0 Å². The van der Waals surface area contributed by atoms with Crippen molar-refractivity contribution in [3.05, 3.63) is 59.5 Å². The lowest BCUT2D eigenvalue weighted by atomic mass is 10.1. The largest absolute Gasteiger partial charge is 0.467 e. The summed E-state index contributed by atoms with van der Waals surface area (Å²) in [5.41, 5.74) is 1.62. The second-order valence-electron chi connectivity index (χ2n) is 7.80. The lowest BCUT2D eigenvalue weighted by Gasteiger charge is -2.17. The van der Waals surface area contributed by atoms with Gasteiger partial charge in [-0.1, -0.05) is 37.8 Å². The number of carbonyl (C=O) groups excluding carboxylic acids is 1. The second-order valence-corrected chi connectivity index (χ2v) is 7.80. The number of benzene rings is 1. The van der Waals surface area contributed by atoms with Gasteiger partial charge in [-0.25, -0.2) is 0 Å². The molecule has 0 spiro atoms. The fraction of sp³-hybridized carbons (Fsp3) is 0.500. The van der Waals surface area contributed by atoms with Gasteiger partial charge in [-0.2, -0.15) is 0 Å². The second kappa shape index (κ2) is 12.8. The van der Waals surface area contributed by atoms with Gasteiger partial charge in [0.15, 0.2) is 5.96 Å². The van der Waals surface area contributed by atoms with Gasteiger partial charge in [-0.3, -0.25) is 9.79 Å². The van der Waals surface area contributed by atoms with Crippen LogP contribution < -0.4 is 16.0 Å². The van der Waals surface area contributed by atoms with Gasteiger partial charge in [0.05, 0.1) is 25.5 Å². The minimum atomic E-state index is -0.128. The molecule has 3 N–H and O–H groups in total. The van der Waals surface area contributed by atoms with Gasteiger partial charge < -0.3 is 25.1 Å². The summed E-state index contributed by atoms with van der Waals surface area (Å²) in [6.45, 7) is 2.33. The normalized spacial score (nSPS) is 15.3. The third kappa shape index (κ3) is 8.09. The highest BCUT2D eigenvalue weighted by Gasteiger charge is 2.12. The summed E-state index contributed by atoms with van der Waals surface area (Å²) in [7, 11) is 1.75. The zero-order chi connectivity index (χ0) is 21.7. The highest BCUT2D eigenvalue weighted by molar-refractivity contribution is 5.94. The molecule has 2 aromatic rings. The number of nitrogens with zero attached hydrogens (tertiary/aromatic N) is 1. The zero-order valence-corrected chi connectivity index (χ0v) is 18.4. The lowest BCUT2D eigenvalue weighted by Crippen LogP contribution is -2.39. The standard InChI is InChI=1S/C24H34N4O3/c1-25-24(26-13-15-31-21-10-4-2-3-5-11-21)28-17-19-8-6-9-20(16-19)23(29)27-18-22-12-7-14-30-22/h6-9,12,14,16,21H,2-5,10-11,13,15,17-18H2,1H3,(H,27,29)(H2,25,26,28). The third-order valence-electron chi connectivity index (χ3n) is 5.43. The van der Waals surface area contributed by atoms with E-state index in [-0.39, 0.29) is 5.91 Å². The Hall–Kier alpha value is -2.80. The van der Waals surface area contributed by atoms with E-state index in [4.69, 9.17) is 9.15 Å². The topological polar surface area (TPSA) is 87.9 Å². The van der Waals surface area contributed by atoms with Gasteiger partial charge in [-0.15, -0.1) is 0 Å². The van der Waals surface area contributed by atoms with Crippen LogP contribution in [0.4, 0.5) is 0 Å². The molecule has 1 aromatic heterocycles. The van der Waals surface area contributed by atoms with Crippen molar-refractivity contribution in [3.63, 3.8) is 0 Å². The number of rotatable bonds is 9. The molecular weight excluding hydrogens is 392 g/mol. The molecule has 1 heterocycles. The molecule has 7 nitrogen and oxygen atoms in total. The van der Waals surface area contributed by atoms with Crippen LogP contribution in [0.1, 0.15) is 60.2 Å². The average Bonchev–Trinajstić information content (AvgIpc) is 3.19. The van der Waals surface area contributed by atoms with Crippen molar-refractivity contribution < 1.29 is 13.9 Å². The van der Waals surface area contributed by atoms with Crippen molar-refractivity contribution in [2.24, 2.45) is 4.99 Å². The maximum Gasteiger partial charge on any atom is 0.251 e. The molecule has 1 saturated carbocycles. The number of guanidine groups is 1. The quantitative estimate of drug-likeness (QED) is 0.247. The van der Waals surface area contributed by atoms with E-state index in [0.29, 0.717) is 37.9 Å². The summed E-state index contributed by atoms with van der Waals surface area (Å²) in [6.07, 6.45) is 9.58. The number of aliphatic imine (C=N–C) groups is 1. The Bertz CT molecular complexity index is 812. The Balaban J connectivity index is 1.38. The van der Waals surface area contributed by atoms with E-state index in [9.17, 15) is 4.79 Å². The molecule has 1 amide bonds. The Kier molecular flexibility index (Phi) is 9.44. The molecule has 168 valence electrons. The molecule has 1 fully saturated rings. The number of carbonyl (C=O) groups is 1. The minimum Gasteiger partial charge on any atom is -0.467 e. The summed E-state index contributed by atoms with van der Waals surface area (Å²) in [5, 5.41) is 9.45. The first kappa shape index (κ1) is 22.9. The highest BCUT2D eigenvalue weighted by atomic mass is 16.5. The molecule has 0 aliphatic heterocycles. The van der Waals surface area contributed by atoms with Crippen molar-refractivity contribution in [1.29, 1.82) is 0 Å². The molecule has 0 atom stereocenters. The van der Waals surface area contributed by atoms with E-state index in [1.165, 1.54) is 38.5 Å². The molecule has 0 radical (unpaired) electrons. The molecule has 0 saturated heterocycles. The molecule has 3 rings (SSSR count). The monoisotopic (exact) mass is 426 g/mol.